The normalized spacial score (nSPS) is 18.6. The van der Waals surface area contributed by atoms with Crippen molar-refractivity contribution in [1.82, 2.24) is 10.2 Å². The molecule has 0 fully saturated rings. The van der Waals surface area contributed by atoms with E-state index >= 15 is 0 Å². The molecule has 0 spiro atoms. The quantitative estimate of drug-likeness (QED) is 0.349. The SMILES string of the molecule is CC1(C)CC(=O)C2=C(C1)N(c1nnc(SCC(=O)Nc3ccccc3)s1)C(N)=C(C#N)C2c1ccc(Cl)cc1. The molecule has 1 aromatic heterocycles. The van der Waals surface area contributed by atoms with Gasteiger partial charge in [-0.25, -0.2) is 0 Å². The average Bonchev–Trinajstić information content (AvgIpc) is 3.36. The van der Waals surface area contributed by atoms with Gasteiger partial charge in [-0.15, -0.1) is 10.2 Å². The Morgan fingerprint density at radius 3 is 2.62 bits per heavy atom. The molecule has 3 aromatic rings. The zero-order valence-electron chi connectivity index (χ0n) is 21.3. The van der Waals surface area contributed by atoms with Crippen LogP contribution in [0.4, 0.5) is 10.8 Å². The number of rotatable bonds is 6. The number of Topliss-reactive ketones (excluding diaryl/α,β-unsaturated/α-hetero) is 1. The second-order valence-corrected chi connectivity index (χ2v) is 12.7. The van der Waals surface area contributed by atoms with Crippen LogP contribution in [0.5, 0.6) is 0 Å². The Morgan fingerprint density at radius 2 is 1.92 bits per heavy atom. The summed E-state index contributed by atoms with van der Waals surface area (Å²) in [5, 5.41) is 22.7. The van der Waals surface area contributed by atoms with Crippen LogP contribution in [-0.4, -0.2) is 27.6 Å². The van der Waals surface area contributed by atoms with Crippen molar-refractivity contribution < 1.29 is 9.59 Å². The fourth-order valence-corrected chi connectivity index (χ4v) is 6.72. The maximum absolute atomic E-state index is 13.6. The summed E-state index contributed by atoms with van der Waals surface area (Å²) in [6, 6.07) is 18.6. The minimum absolute atomic E-state index is 0.0249. The van der Waals surface area contributed by atoms with E-state index in [2.05, 4.69) is 21.6 Å². The van der Waals surface area contributed by atoms with Gasteiger partial charge in [0.1, 0.15) is 5.82 Å². The second kappa shape index (κ2) is 10.8. The highest BCUT2D eigenvalue weighted by Crippen LogP contribution is 2.50. The van der Waals surface area contributed by atoms with Crippen molar-refractivity contribution in [3.63, 3.8) is 0 Å². The highest BCUT2D eigenvalue weighted by atomic mass is 35.5. The highest BCUT2D eigenvalue weighted by Gasteiger charge is 2.45. The Balaban J connectivity index is 1.48. The van der Waals surface area contributed by atoms with Crippen molar-refractivity contribution >= 4 is 57.2 Å². The Hall–Kier alpha value is -3.65. The molecule has 1 aliphatic heterocycles. The van der Waals surface area contributed by atoms with Crippen LogP contribution in [0.3, 0.4) is 0 Å². The van der Waals surface area contributed by atoms with Crippen LogP contribution in [0.2, 0.25) is 5.02 Å². The summed E-state index contributed by atoms with van der Waals surface area (Å²) in [6.07, 6.45) is 0.926. The van der Waals surface area contributed by atoms with Crippen LogP contribution in [0.15, 0.2) is 81.6 Å². The summed E-state index contributed by atoms with van der Waals surface area (Å²) >= 11 is 8.63. The van der Waals surface area contributed by atoms with Crippen LogP contribution >= 0.6 is 34.7 Å². The van der Waals surface area contributed by atoms with Crippen LogP contribution in [-0.2, 0) is 9.59 Å². The van der Waals surface area contributed by atoms with Gasteiger partial charge in [-0.1, -0.05) is 78.9 Å². The first kappa shape index (κ1) is 26.9. The number of carbonyl (C=O) groups is 2. The van der Waals surface area contributed by atoms with Gasteiger partial charge in [0.15, 0.2) is 10.1 Å². The van der Waals surface area contributed by atoms with Gasteiger partial charge in [0.25, 0.3) is 0 Å². The van der Waals surface area contributed by atoms with Gasteiger partial charge < -0.3 is 11.1 Å². The van der Waals surface area contributed by atoms with E-state index in [1.807, 2.05) is 56.3 Å². The molecule has 0 bridgehead atoms. The number of halogens is 1. The minimum Gasteiger partial charge on any atom is -0.384 e. The van der Waals surface area contributed by atoms with Gasteiger partial charge in [-0.3, -0.25) is 14.5 Å². The van der Waals surface area contributed by atoms with E-state index in [9.17, 15) is 14.9 Å². The van der Waals surface area contributed by atoms with Crippen molar-refractivity contribution in [2.45, 2.75) is 36.9 Å². The maximum Gasteiger partial charge on any atom is 0.234 e. The summed E-state index contributed by atoms with van der Waals surface area (Å²) in [7, 11) is 0. The number of nitrogens with two attached hydrogens (primary N) is 1. The highest BCUT2D eigenvalue weighted by molar-refractivity contribution is 8.01. The molecule has 0 radical (unpaired) electrons. The van der Waals surface area contributed by atoms with Gasteiger partial charge in [0.2, 0.25) is 11.0 Å². The molecule has 2 aromatic carbocycles. The van der Waals surface area contributed by atoms with Gasteiger partial charge in [0, 0.05) is 28.4 Å². The Morgan fingerprint density at radius 1 is 1.21 bits per heavy atom. The zero-order chi connectivity index (χ0) is 27.7. The molecule has 39 heavy (non-hydrogen) atoms. The lowest BCUT2D eigenvalue weighted by molar-refractivity contribution is -0.118. The van der Waals surface area contributed by atoms with Crippen molar-refractivity contribution in [3.05, 3.63) is 87.8 Å². The first-order chi connectivity index (χ1) is 18.7. The topological polar surface area (TPSA) is 125 Å². The minimum atomic E-state index is -0.592. The molecule has 0 saturated carbocycles. The van der Waals surface area contributed by atoms with Gasteiger partial charge >= 0.3 is 0 Å². The summed E-state index contributed by atoms with van der Waals surface area (Å²) in [4.78, 5) is 27.7. The number of nitrogens with zero attached hydrogens (tertiary/aromatic N) is 4. The number of para-hydroxylation sites is 1. The number of hydrogen-bond acceptors (Lipinski definition) is 9. The standard InChI is InChI=1S/C28H25ClN6O2S2/c1-28(2)12-20-24(21(36)13-28)23(16-8-10-17(29)11-9-16)19(14-30)25(31)35(20)26-33-34-27(39-26)38-15-22(37)32-18-6-4-3-5-7-18/h3-11,23H,12-13,15,31H2,1-2H3,(H,32,37). The first-order valence-electron chi connectivity index (χ1n) is 12.2. The molecule has 3 N–H and O–H groups in total. The number of hydrogen-bond donors (Lipinski definition) is 2. The Kier molecular flexibility index (Phi) is 7.49. The van der Waals surface area contributed by atoms with Crippen molar-refractivity contribution in [1.29, 1.82) is 5.26 Å². The molecule has 1 unspecified atom stereocenters. The van der Waals surface area contributed by atoms with Crippen LogP contribution < -0.4 is 16.0 Å². The van der Waals surface area contributed by atoms with E-state index in [4.69, 9.17) is 17.3 Å². The molecular weight excluding hydrogens is 552 g/mol. The van der Waals surface area contributed by atoms with E-state index in [0.717, 1.165) is 16.9 Å². The monoisotopic (exact) mass is 576 g/mol. The van der Waals surface area contributed by atoms with E-state index in [1.54, 1.807) is 17.0 Å². The van der Waals surface area contributed by atoms with Gasteiger partial charge in [0.05, 0.1) is 23.3 Å². The molecule has 1 atom stereocenters. The largest absolute Gasteiger partial charge is 0.384 e. The van der Waals surface area contributed by atoms with E-state index in [1.165, 1.54) is 23.1 Å². The predicted octanol–water partition coefficient (Wildman–Crippen LogP) is 5.86. The second-order valence-electron chi connectivity index (χ2n) is 10.1. The average molecular weight is 577 g/mol. The third kappa shape index (κ3) is 5.57. The van der Waals surface area contributed by atoms with Crippen LogP contribution in [0, 0.1) is 16.7 Å². The van der Waals surface area contributed by atoms with Crippen LogP contribution in [0.1, 0.15) is 38.2 Å². The molecule has 11 heteroatoms. The molecule has 1 amide bonds. The van der Waals surface area contributed by atoms with Crippen molar-refractivity contribution in [2.24, 2.45) is 11.1 Å². The smallest absolute Gasteiger partial charge is 0.234 e. The summed E-state index contributed by atoms with van der Waals surface area (Å²) < 4.78 is 0.572. The predicted molar refractivity (Wildman–Crippen MR) is 154 cm³/mol. The van der Waals surface area contributed by atoms with Gasteiger partial charge in [-0.2, -0.15) is 5.26 Å². The third-order valence-corrected chi connectivity index (χ3v) is 8.85. The number of thioether (sulfide) groups is 1. The molecule has 2 heterocycles. The lowest BCUT2D eigenvalue weighted by Crippen LogP contribution is -2.42. The third-order valence-electron chi connectivity index (χ3n) is 6.56. The zero-order valence-corrected chi connectivity index (χ0v) is 23.7. The summed E-state index contributed by atoms with van der Waals surface area (Å²) in [5.41, 5.74) is 9.40. The first-order valence-corrected chi connectivity index (χ1v) is 14.4. The molecule has 0 saturated heterocycles. The Labute approximate surface area is 239 Å². The summed E-state index contributed by atoms with van der Waals surface area (Å²) in [5.74, 6) is -0.413. The van der Waals surface area contributed by atoms with Gasteiger partial charge in [-0.05, 0) is 41.7 Å². The fraction of sp³-hybridized carbons (Fsp3) is 0.250. The number of nitrogens with one attached hydrogen (secondary N) is 1. The maximum atomic E-state index is 13.6. The van der Waals surface area contributed by atoms with Crippen LogP contribution in [0.25, 0.3) is 0 Å². The lowest BCUT2D eigenvalue weighted by Gasteiger charge is -2.42. The van der Waals surface area contributed by atoms with Crippen molar-refractivity contribution in [3.8, 4) is 6.07 Å². The number of ketones is 1. The molecule has 1 aliphatic carbocycles. The molecule has 8 nitrogen and oxygen atoms in total. The lowest BCUT2D eigenvalue weighted by atomic mass is 9.69. The summed E-state index contributed by atoms with van der Waals surface area (Å²) in [6.45, 7) is 4.08. The number of amides is 1. The number of anilines is 2. The molecule has 5 rings (SSSR count). The van der Waals surface area contributed by atoms with E-state index in [-0.39, 0.29) is 34.3 Å². The Bertz CT molecular complexity index is 1540. The van der Waals surface area contributed by atoms with E-state index in [0.29, 0.717) is 32.9 Å². The number of aromatic nitrogens is 2. The molecule has 2 aliphatic rings. The van der Waals surface area contributed by atoms with Crippen molar-refractivity contribution in [2.75, 3.05) is 16.0 Å². The number of carbonyl (C=O) groups excluding carboxylic acids is 2. The molecular formula is C28H25ClN6O2S2. The number of nitriles is 1. The molecule has 198 valence electrons. The fourth-order valence-electron chi connectivity index (χ4n) is 4.91. The van der Waals surface area contributed by atoms with E-state index < -0.39 is 5.92 Å². The number of allylic oxidation sites excluding steroid dienone is 3. The number of benzene rings is 2.